The Bertz CT molecular complexity index is 263. The van der Waals surface area contributed by atoms with Gasteiger partial charge >= 0.3 is 6.09 Å². The van der Waals surface area contributed by atoms with Crippen molar-refractivity contribution in [2.75, 3.05) is 26.3 Å². The van der Waals surface area contributed by atoms with E-state index in [9.17, 15) is 9.90 Å². The molecule has 2 unspecified atom stereocenters. The van der Waals surface area contributed by atoms with E-state index < -0.39 is 23.9 Å². The van der Waals surface area contributed by atoms with Crippen molar-refractivity contribution in [3.05, 3.63) is 0 Å². The summed E-state index contributed by atoms with van der Waals surface area (Å²) in [6.45, 7) is 5.91. The van der Waals surface area contributed by atoms with Crippen molar-refractivity contribution in [2.45, 2.75) is 38.6 Å². The van der Waals surface area contributed by atoms with Gasteiger partial charge in [0.2, 0.25) is 0 Å². The highest BCUT2D eigenvalue weighted by Crippen LogP contribution is 2.17. The van der Waals surface area contributed by atoms with Crippen molar-refractivity contribution in [3.8, 4) is 0 Å². The van der Waals surface area contributed by atoms with Crippen LogP contribution >= 0.6 is 0 Å². The summed E-state index contributed by atoms with van der Waals surface area (Å²) in [7, 11) is 0. The second-order valence-electron chi connectivity index (χ2n) is 5.09. The summed E-state index contributed by atoms with van der Waals surface area (Å²) in [6, 6.07) is 0. The van der Waals surface area contributed by atoms with Gasteiger partial charge < -0.3 is 24.6 Å². The fourth-order valence-corrected chi connectivity index (χ4v) is 1.60. The lowest BCUT2D eigenvalue weighted by Crippen LogP contribution is -2.36. The zero-order valence-electron chi connectivity index (χ0n) is 10.5. The second kappa shape index (κ2) is 5.66. The molecule has 1 saturated heterocycles. The Morgan fingerprint density at radius 2 is 2.06 bits per heavy atom. The lowest BCUT2D eigenvalue weighted by molar-refractivity contribution is -0.0215. The summed E-state index contributed by atoms with van der Waals surface area (Å²) >= 11 is 0. The Hall–Kier alpha value is -0.850. The molecule has 2 N–H and O–H groups in total. The molecular formula is C11H21NO5. The molecule has 0 spiro atoms. The number of ether oxygens (including phenoxy) is 2. The maximum atomic E-state index is 11.7. The number of nitrogens with zero attached hydrogens (tertiary/aromatic N) is 1. The Morgan fingerprint density at radius 3 is 2.59 bits per heavy atom. The smallest absolute Gasteiger partial charge is 0.410 e. The molecule has 0 bridgehead atoms. The Kier molecular flexibility index (Phi) is 4.73. The van der Waals surface area contributed by atoms with Crippen LogP contribution in [0.5, 0.6) is 0 Å². The third-order valence-corrected chi connectivity index (χ3v) is 2.31. The zero-order chi connectivity index (χ0) is 13.1. The Morgan fingerprint density at radius 1 is 1.41 bits per heavy atom. The second-order valence-corrected chi connectivity index (χ2v) is 5.09. The van der Waals surface area contributed by atoms with Crippen LogP contribution in [-0.2, 0) is 9.47 Å². The van der Waals surface area contributed by atoms with E-state index >= 15 is 0 Å². The van der Waals surface area contributed by atoms with Crippen LogP contribution < -0.4 is 0 Å². The molecule has 0 aliphatic carbocycles. The predicted molar refractivity (Wildman–Crippen MR) is 60.6 cm³/mol. The van der Waals surface area contributed by atoms with Gasteiger partial charge in [0.25, 0.3) is 0 Å². The van der Waals surface area contributed by atoms with E-state index in [-0.39, 0.29) is 26.3 Å². The summed E-state index contributed by atoms with van der Waals surface area (Å²) in [4.78, 5) is 13.1. The van der Waals surface area contributed by atoms with E-state index in [1.54, 1.807) is 20.8 Å². The van der Waals surface area contributed by atoms with Gasteiger partial charge in [-0.15, -0.1) is 0 Å². The molecule has 1 aliphatic rings. The van der Waals surface area contributed by atoms with E-state index in [0.717, 1.165) is 0 Å². The highest BCUT2D eigenvalue weighted by atomic mass is 16.6. The number of hydrogen-bond acceptors (Lipinski definition) is 5. The minimum Gasteiger partial charge on any atom is -0.444 e. The topological polar surface area (TPSA) is 79.2 Å². The molecule has 1 amide bonds. The maximum absolute atomic E-state index is 11.7. The summed E-state index contributed by atoms with van der Waals surface area (Å²) in [5.41, 5.74) is -0.550. The highest BCUT2D eigenvalue weighted by Gasteiger charge is 2.36. The van der Waals surface area contributed by atoms with Gasteiger partial charge in [-0.1, -0.05) is 0 Å². The van der Waals surface area contributed by atoms with Gasteiger partial charge in [-0.2, -0.15) is 0 Å². The van der Waals surface area contributed by atoms with E-state index in [1.165, 1.54) is 4.90 Å². The van der Waals surface area contributed by atoms with Crippen molar-refractivity contribution in [1.29, 1.82) is 0 Å². The van der Waals surface area contributed by atoms with Crippen LogP contribution in [0.25, 0.3) is 0 Å². The standard InChI is InChI=1S/C11H21NO5/c1-11(2,3)17-10(15)12-6-8(14)9(7-12)16-5-4-13/h8-9,13-14H,4-7H2,1-3H3. The van der Waals surface area contributed by atoms with Crippen molar-refractivity contribution in [3.63, 3.8) is 0 Å². The minimum absolute atomic E-state index is 0.102. The van der Waals surface area contributed by atoms with E-state index in [4.69, 9.17) is 14.6 Å². The molecule has 100 valence electrons. The summed E-state index contributed by atoms with van der Waals surface area (Å²) in [5, 5.41) is 18.3. The number of carbonyl (C=O) groups is 1. The lowest BCUT2D eigenvalue weighted by atomic mass is 10.2. The van der Waals surface area contributed by atoms with Crippen LogP contribution in [0, 0.1) is 0 Å². The molecule has 0 aromatic heterocycles. The third-order valence-electron chi connectivity index (χ3n) is 2.31. The lowest BCUT2D eigenvalue weighted by Gasteiger charge is -2.24. The molecule has 2 atom stereocenters. The first-order valence-corrected chi connectivity index (χ1v) is 5.72. The number of aliphatic hydroxyl groups is 2. The molecule has 0 radical (unpaired) electrons. The van der Waals surface area contributed by atoms with Crippen LogP contribution in [0.2, 0.25) is 0 Å². The Balaban J connectivity index is 2.45. The first kappa shape index (κ1) is 14.2. The van der Waals surface area contributed by atoms with E-state index in [0.29, 0.717) is 0 Å². The van der Waals surface area contributed by atoms with Crippen molar-refractivity contribution >= 4 is 6.09 Å². The normalized spacial score (nSPS) is 25.1. The number of hydrogen-bond donors (Lipinski definition) is 2. The zero-order valence-corrected chi connectivity index (χ0v) is 10.5. The van der Waals surface area contributed by atoms with Gasteiger partial charge in [-0.25, -0.2) is 4.79 Å². The number of β-amino-alcohol motifs (C(OH)–C–C–N with tert-alkyl or cyclic N) is 1. The van der Waals surface area contributed by atoms with Crippen LogP contribution in [0.3, 0.4) is 0 Å². The molecule has 0 saturated carbocycles. The van der Waals surface area contributed by atoms with Crippen LogP contribution in [-0.4, -0.2) is 65.3 Å². The molecule has 6 nitrogen and oxygen atoms in total. The molecule has 0 aromatic carbocycles. The van der Waals surface area contributed by atoms with Crippen molar-refractivity contribution < 1.29 is 24.5 Å². The number of rotatable bonds is 3. The van der Waals surface area contributed by atoms with Gasteiger partial charge in [0.1, 0.15) is 11.7 Å². The fourth-order valence-electron chi connectivity index (χ4n) is 1.60. The quantitative estimate of drug-likeness (QED) is 0.732. The monoisotopic (exact) mass is 247 g/mol. The molecule has 1 aliphatic heterocycles. The summed E-state index contributed by atoms with van der Waals surface area (Å²) < 4.78 is 10.4. The number of aliphatic hydroxyl groups excluding tert-OH is 2. The number of likely N-dealkylation sites (tertiary alicyclic amines) is 1. The highest BCUT2D eigenvalue weighted by molar-refractivity contribution is 5.68. The first-order chi connectivity index (χ1) is 7.83. The van der Waals surface area contributed by atoms with Gasteiger partial charge in [-0.3, -0.25) is 0 Å². The molecule has 6 heteroatoms. The molecule has 1 fully saturated rings. The number of carbonyl (C=O) groups excluding carboxylic acids is 1. The Labute approximate surface area is 101 Å². The SMILES string of the molecule is CC(C)(C)OC(=O)N1CC(O)C(OCCO)C1. The molecule has 1 heterocycles. The van der Waals surface area contributed by atoms with Gasteiger partial charge in [0.15, 0.2) is 0 Å². The summed E-state index contributed by atoms with van der Waals surface area (Å²) in [5.74, 6) is 0. The largest absolute Gasteiger partial charge is 0.444 e. The van der Waals surface area contributed by atoms with Crippen LogP contribution in [0.1, 0.15) is 20.8 Å². The predicted octanol–water partition coefficient (Wildman–Crippen LogP) is -0.0245. The number of amides is 1. The van der Waals surface area contributed by atoms with E-state index in [1.807, 2.05) is 0 Å². The van der Waals surface area contributed by atoms with E-state index in [2.05, 4.69) is 0 Å². The average molecular weight is 247 g/mol. The summed E-state index contributed by atoms with van der Waals surface area (Å²) in [6.07, 6.45) is -1.63. The molecule has 1 rings (SSSR count). The molecule has 0 aromatic rings. The molecular weight excluding hydrogens is 226 g/mol. The third kappa shape index (κ3) is 4.49. The van der Waals surface area contributed by atoms with Crippen molar-refractivity contribution in [1.82, 2.24) is 4.90 Å². The maximum Gasteiger partial charge on any atom is 0.410 e. The van der Waals surface area contributed by atoms with Gasteiger partial charge in [0.05, 0.1) is 32.4 Å². The minimum atomic E-state index is -0.728. The van der Waals surface area contributed by atoms with Crippen LogP contribution in [0.4, 0.5) is 4.79 Å². The van der Waals surface area contributed by atoms with Gasteiger partial charge in [0, 0.05) is 0 Å². The van der Waals surface area contributed by atoms with Crippen molar-refractivity contribution in [2.24, 2.45) is 0 Å². The first-order valence-electron chi connectivity index (χ1n) is 5.72. The van der Waals surface area contributed by atoms with Crippen LogP contribution in [0.15, 0.2) is 0 Å². The fraction of sp³-hybridized carbons (Fsp3) is 0.909. The van der Waals surface area contributed by atoms with Gasteiger partial charge in [-0.05, 0) is 20.8 Å². The average Bonchev–Trinajstić information content (AvgIpc) is 2.54. The molecule has 17 heavy (non-hydrogen) atoms.